The minimum atomic E-state index is -0.900. The summed E-state index contributed by atoms with van der Waals surface area (Å²) in [5.41, 5.74) is 3.69. The molecule has 3 N–H and O–H groups in total. The van der Waals surface area contributed by atoms with Gasteiger partial charge in [0.25, 0.3) is 0 Å². The molecule has 9 heteroatoms. The average Bonchev–Trinajstić information content (AvgIpc) is 2.95. The van der Waals surface area contributed by atoms with Gasteiger partial charge in [-0.3, -0.25) is 9.59 Å². The molecule has 1 amide bonds. The van der Waals surface area contributed by atoms with E-state index in [1.807, 2.05) is 66.7 Å². The number of aliphatic hydroxyl groups excluding tert-OH is 1. The molecular formula is C29H32N2O6S. The number of amides is 1. The molecule has 4 rings (SSSR count). The average molecular weight is 537 g/mol. The third-order valence-electron chi connectivity index (χ3n) is 6.21. The van der Waals surface area contributed by atoms with Gasteiger partial charge in [0.15, 0.2) is 6.29 Å². The van der Waals surface area contributed by atoms with Gasteiger partial charge in [-0.05, 0) is 35.2 Å². The molecule has 1 saturated heterocycles. The topological polar surface area (TPSA) is 118 Å². The standard InChI is InChI=1S/C29H32N2O6S/c32-18-21-9-11-22(12-10-21)25-16-24(19-38-27-5-1-2-15-30-27)36-29(37-25)23-13-7-20(8-14-23)17-31-26(33)4-3-6-28(34)35/h1-2,5,7-15,24-25,29,32H,3-4,6,16-19H2,(H,31,33)(H,34,35). The highest BCUT2D eigenvalue weighted by Crippen LogP contribution is 2.39. The van der Waals surface area contributed by atoms with E-state index in [1.54, 1.807) is 18.0 Å². The number of carbonyl (C=O) groups excluding carboxylic acids is 1. The van der Waals surface area contributed by atoms with E-state index in [4.69, 9.17) is 14.6 Å². The molecule has 3 unspecified atom stereocenters. The zero-order valence-electron chi connectivity index (χ0n) is 21.0. The zero-order chi connectivity index (χ0) is 26.7. The minimum Gasteiger partial charge on any atom is -0.481 e. The molecule has 3 aromatic rings. The predicted molar refractivity (Wildman–Crippen MR) is 143 cm³/mol. The number of aromatic nitrogens is 1. The first-order valence-electron chi connectivity index (χ1n) is 12.6. The maximum absolute atomic E-state index is 12.0. The van der Waals surface area contributed by atoms with Gasteiger partial charge >= 0.3 is 5.97 Å². The second kappa shape index (κ2) is 14.1. The van der Waals surface area contributed by atoms with E-state index < -0.39 is 12.3 Å². The molecule has 200 valence electrons. The Kier molecular flexibility index (Phi) is 10.3. The quantitative estimate of drug-likeness (QED) is 0.283. The summed E-state index contributed by atoms with van der Waals surface area (Å²) in [5, 5.41) is 21.9. The fourth-order valence-corrected chi connectivity index (χ4v) is 5.00. The summed E-state index contributed by atoms with van der Waals surface area (Å²) in [6.07, 6.45) is 2.18. The van der Waals surface area contributed by atoms with E-state index in [0.29, 0.717) is 19.4 Å². The molecule has 8 nitrogen and oxygen atoms in total. The number of rotatable bonds is 12. The van der Waals surface area contributed by atoms with Crippen LogP contribution in [0, 0.1) is 0 Å². The second-order valence-corrected chi connectivity index (χ2v) is 10.1. The van der Waals surface area contributed by atoms with Gasteiger partial charge in [0.1, 0.15) is 0 Å². The van der Waals surface area contributed by atoms with E-state index in [9.17, 15) is 14.7 Å². The number of aliphatic hydroxyl groups is 1. The van der Waals surface area contributed by atoms with E-state index >= 15 is 0 Å². The highest BCUT2D eigenvalue weighted by molar-refractivity contribution is 7.99. The number of carboxylic acids is 1. The SMILES string of the molecule is O=C(O)CCCC(=O)NCc1ccc(C2OC(CSc3ccccn3)CC(c3ccc(CO)cc3)O2)cc1. The van der Waals surface area contributed by atoms with Crippen LogP contribution in [0.5, 0.6) is 0 Å². The number of aliphatic carboxylic acids is 1. The van der Waals surface area contributed by atoms with Crippen molar-refractivity contribution >= 4 is 23.6 Å². The van der Waals surface area contributed by atoms with Crippen molar-refractivity contribution in [3.8, 4) is 0 Å². The zero-order valence-corrected chi connectivity index (χ0v) is 21.8. The first kappa shape index (κ1) is 27.8. The summed E-state index contributed by atoms with van der Waals surface area (Å²) in [4.78, 5) is 27.0. The number of nitrogens with zero attached hydrogens (tertiary/aromatic N) is 1. The normalized spacial score (nSPS) is 19.1. The molecule has 3 atom stereocenters. The molecule has 1 aromatic heterocycles. The van der Waals surface area contributed by atoms with Crippen molar-refractivity contribution in [3.05, 3.63) is 95.2 Å². The van der Waals surface area contributed by atoms with Crippen LogP contribution in [0.25, 0.3) is 0 Å². The van der Waals surface area contributed by atoms with Crippen LogP contribution in [0.2, 0.25) is 0 Å². The van der Waals surface area contributed by atoms with Crippen molar-refractivity contribution in [2.75, 3.05) is 5.75 Å². The lowest BCUT2D eigenvalue weighted by Gasteiger charge is -2.36. The van der Waals surface area contributed by atoms with E-state index in [-0.39, 0.29) is 37.6 Å². The van der Waals surface area contributed by atoms with Crippen LogP contribution < -0.4 is 5.32 Å². The van der Waals surface area contributed by atoms with Gasteiger partial charge in [0.2, 0.25) is 5.91 Å². The summed E-state index contributed by atoms with van der Waals surface area (Å²) in [7, 11) is 0. The first-order chi connectivity index (χ1) is 18.5. The number of thioether (sulfide) groups is 1. The van der Waals surface area contributed by atoms with Crippen molar-refractivity contribution in [1.29, 1.82) is 0 Å². The van der Waals surface area contributed by atoms with Gasteiger partial charge in [-0.15, -0.1) is 11.8 Å². The molecule has 0 aliphatic carbocycles. The molecule has 0 saturated carbocycles. The third kappa shape index (κ3) is 8.39. The number of hydrogen-bond donors (Lipinski definition) is 3. The highest BCUT2D eigenvalue weighted by atomic mass is 32.2. The summed E-state index contributed by atoms with van der Waals surface area (Å²) in [6.45, 7) is 0.359. The summed E-state index contributed by atoms with van der Waals surface area (Å²) in [6, 6.07) is 21.4. The lowest BCUT2D eigenvalue weighted by Crippen LogP contribution is -2.31. The first-order valence-corrected chi connectivity index (χ1v) is 13.6. The van der Waals surface area contributed by atoms with Gasteiger partial charge in [-0.2, -0.15) is 0 Å². The number of carbonyl (C=O) groups is 2. The number of ether oxygens (including phenoxy) is 2. The van der Waals surface area contributed by atoms with Crippen LogP contribution in [0.1, 0.15) is 60.3 Å². The molecule has 0 radical (unpaired) electrons. The number of carboxylic acid groups (broad SMARTS) is 1. The summed E-state index contributed by atoms with van der Waals surface area (Å²) >= 11 is 1.65. The van der Waals surface area contributed by atoms with Crippen LogP contribution in [0.15, 0.2) is 78.0 Å². The Morgan fingerprint density at radius 1 is 0.947 bits per heavy atom. The number of nitrogens with one attached hydrogen (secondary N) is 1. The van der Waals surface area contributed by atoms with Crippen LogP contribution in [-0.4, -0.2) is 38.9 Å². The second-order valence-electron chi connectivity index (χ2n) is 9.09. The third-order valence-corrected chi connectivity index (χ3v) is 7.28. The predicted octanol–water partition coefficient (Wildman–Crippen LogP) is 4.78. The van der Waals surface area contributed by atoms with Gasteiger partial charge in [0, 0.05) is 43.3 Å². The molecule has 1 aliphatic heterocycles. The Morgan fingerprint density at radius 2 is 1.68 bits per heavy atom. The monoisotopic (exact) mass is 536 g/mol. The van der Waals surface area contributed by atoms with Gasteiger partial charge in [-0.1, -0.05) is 54.6 Å². The lowest BCUT2D eigenvalue weighted by molar-refractivity contribution is -0.245. The van der Waals surface area contributed by atoms with Crippen LogP contribution >= 0.6 is 11.8 Å². The Labute approximate surface area is 226 Å². The molecule has 0 bridgehead atoms. The minimum absolute atomic E-state index is 0.00395. The van der Waals surface area contributed by atoms with Crippen molar-refractivity contribution < 1.29 is 29.3 Å². The Bertz CT molecular complexity index is 1170. The highest BCUT2D eigenvalue weighted by Gasteiger charge is 2.32. The Morgan fingerprint density at radius 3 is 2.37 bits per heavy atom. The van der Waals surface area contributed by atoms with Crippen molar-refractivity contribution in [2.24, 2.45) is 0 Å². The Hall–Kier alpha value is -3.24. The lowest BCUT2D eigenvalue weighted by atomic mass is 10.0. The molecule has 1 fully saturated rings. The maximum atomic E-state index is 12.0. The number of hydrogen-bond acceptors (Lipinski definition) is 7. The molecule has 2 aromatic carbocycles. The smallest absolute Gasteiger partial charge is 0.303 e. The van der Waals surface area contributed by atoms with Gasteiger partial charge in [-0.25, -0.2) is 4.98 Å². The molecular weight excluding hydrogens is 504 g/mol. The fraction of sp³-hybridized carbons (Fsp3) is 0.345. The molecule has 1 aliphatic rings. The van der Waals surface area contributed by atoms with Crippen molar-refractivity contribution in [1.82, 2.24) is 10.3 Å². The van der Waals surface area contributed by atoms with E-state index in [0.717, 1.165) is 33.0 Å². The van der Waals surface area contributed by atoms with Gasteiger partial charge < -0.3 is 25.0 Å². The number of pyridine rings is 1. The fourth-order valence-electron chi connectivity index (χ4n) is 4.12. The van der Waals surface area contributed by atoms with Crippen LogP contribution in [-0.2, 0) is 32.2 Å². The molecule has 0 spiro atoms. The van der Waals surface area contributed by atoms with Crippen LogP contribution in [0.4, 0.5) is 0 Å². The summed E-state index contributed by atoms with van der Waals surface area (Å²) in [5.74, 6) is -0.339. The molecule has 38 heavy (non-hydrogen) atoms. The maximum Gasteiger partial charge on any atom is 0.303 e. The molecule has 2 heterocycles. The largest absolute Gasteiger partial charge is 0.481 e. The van der Waals surface area contributed by atoms with E-state index in [2.05, 4.69) is 10.3 Å². The van der Waals surface area contributed by atoms with Crippen molar-refractivity contribution in [3.63, 3.8) is 0 Å². The Balaban J connectivity index is 1.40. The number of benzene rings is 2. The van der Waals surface area contributed by atoms with Crippen LogP contribution in [0.3, 0.4) is 0 Å². The van der Waals surface area contributed by atoms with E-state index in [1.165, 1.54) is 0 Å². The van der Waals surface area contributed by atoms with Gasteiger partial charge in [0.05, 0.1) is 23.8 Å². The van der Waals surface area contributed by atoms with Crippen molar-refractivity contribution in [2.45, 2.75) is 62.4 Å². The summed E-state index contributed by atoms with van der Waals surface area (Å²) < 4.78 is 12.8.